The molecule has 126 valence electrons. The third-order valence-electron chi connectivity index (χ3n) is 4.49. The Morgan fingerprint density at radius 2 is 1.88 bits per heavy atom. The number of carbonyl (C=O) groups excluding carboxylic acids is 1. The zero-order chi connectivity index (χ0) is 17.3. The molecule has 1 aliphatic heterocycles. The maximum atomic E-state index is 12.7. The smallest absolute Gasteiger partial charge is 0.308 e. The van der Waals surface area contributed by atoms with Crippen molar-refractivity contribution in [2.75, 3.05) is 13.1 Å². The molecular formula is C18H21N3O3. The van der Waals surface area contributed by atoms with Crippen molar-refractivity contribution in [3.63, 3.8) is 0 Å². The van der Waals surface area contributed by atoms with E-state index in [-0.39, 0.29) is 18.4 Å². The summed E-state index contributed by atoms with van der Waals surface area (Å²) in [6.45, 7) is 4.83. The number of aryl methyl sites for hydroxylation is 1. The van der Waals surface area contributed by atoms with Gasteiger partial charge in [-0.2, -0.15) is 5.10 Å². The van der Waals surface area contributed by atoms with Crippen molar-refractivity contribution in [2.24, 2.45) is 11.8 Å². The van der Waals surface area contributed by atoms with Crippen LogP contribution in [0.2, 0.25) is 0 Å². The van der Waals surface area contributed by atoms with Crippen molar-refractivity contribution < 1.29 is 14.7 Å². The first-order valence-electron chi connectivity index (χ1n) is 8.09. The lowest BCUT2D eigenvalue weighted by atomic mass is 9.90. The van der Waals surface area contributed by atoms with Gasteiger partial charge in [0, 0.05) is 30.5 Å². The van der Waals surface area contributed by atoms with E-state index >= 15 is 0 Å². The lowest BCUT2D eigenvalue weighted by Crippen LogP contribution is -2.45. The number of benzene rings is 1. The predicted octanol–water partition coefficient (Wildman–Crippen LogP) is 2.36. The number of carboxylic acid groups (broad SMARTS) is 1. The van der Waals surface area contributed by atoms with Crippen LogP contribution < -0.4 is 0 Å². The SMILES string of the molecule is Cc1ccnn1-c1ccc(C(=O)N2CC(C)CC(C(=O)O)C2)cc1. The molecule has 1 aromatic carbocycles. The van der Waals surface area contributed by atoms with E-state index in [0.717, 1.165) is 11.4 Å². The third kappa shape index (κ3) is 3.18. The molecule has 2 atom stereocenters. The molecule has 2 unspecified atom stereocenters. The van der Waals surface area contributed by atoms with Crippen LogP contribution in [0.5, 0.6) is 0 Å². The van der Waals surface area contributed by atoms with Crippen molar-refractivity contribution in [3.05, 3.63) is 47.8 Å². The predicted molar refractivity (Wildman–Crippen MR) is 89.1 cm³/mol. The fourth-order valence-corrected chi connectivity index (χ4v) is 3.26. The Hall–Kier alpha value is -2.63. The van der Waals surface area contributed by atoms with Gasteiger partial charge in [0.2, 0.25) is 0 Å². The minimum Gasteiger partial charge on any atom is -0.481 e. The quantitative estimate of drug-likeness (QED) is 0.939. The summed E-state index contributed by atoms with van der Waals surface area (Å²) in [4.78, 5) is 25.6. The second-order valence-corrected chi connectivity index (χ2v) is 6.52. The number of rotatable bonds is 3. The van der Waals surface area contributed by atoms with Crippen molar-refractivity contribution in [2.45, 2.75) is 20.3 Å². The van der Waals surface area contributed by atoms with E-state index in [4.69, 9.17) is 0 Å². The second-order valence-electron chi connectivity index (χ2n) is 6.52. The molecule has 0 saturated carbocycles. The van der Waals surface area contributed by atoms with Gasteiger partial charge >= 0.3 is 5.97 Å². The number of nitrogens with zero attached hydrogens (tertiary/aromatic N) is 3. The third-order valence-corrected chi connectivity index (χ3v) is 4.49. The number of carbonyl (C=O) groups is 2. The fourth-order valence-electron chi connectivity index (χ4n) is 3.26. The fraction of sp³-hybridized carbons (Fsp3) is 0.389. The van der Waals surface area contributed by atoms with Crippen LogP contribution >= 0.6 is 0 Å². The number of likely N-dealkylation sites (tertiary alicyclic amines) is 1. The van der Waals surface area contributed by atoms with E-state index in [1.165, 1.54) is 0 Å². The summed E-state index contributed by atoms with van der Waals surface area (Å²) >= 11 is 0. The maximum Gasteiger partial charge on any atom is 0.308 e. The number of amides is 1. The molecule has 0 radical (unpaired) electrons. The van der Waals surface area contributed by atoms with Gasteiger partial charge in [-0.15, -0.1) is 0 Å². The van der Waals surface area contributed by atoms with Gasteiger partial charge in [0.05, 0.1) is 11.6 Å². The van der Waals surface area contributed by atoms with Gasteiger partial charge in [0.1, 0.15) is 0 Å². The van der Waals surface area contributed by atoms with Crippen LogP contribution in [0, 0.1) is 18.8 Å². The molecule has 1 N–H and O–H groups in total. The number of carboxylic acids is 1. The van der Waals surface area contributed by atoms with Crippen LogP contribution in [-0.4, -0.2) is 44.8 Å². The molecule has 0 aliphatic carbocycles. The van der Waals surface area contributed by atoms with E-state index in [1.54, 1.807) is 27.9 Å². The molecule has 6 nitrogen and oxygen atoms in total. The highest BCUT2D eigenvalue weighted by atomic mass is 16.4. The summed E-state index contributed by atoms with van der Waals surface area (Å²) in [6.07, 6.45) is 2.35. The number of hydrogen-bond donors (Lipinski definition) is 1. The maximum absolute atomic E-state index is 12.7. The van der Waals surface area contributed by atoms with Crippen LogP contribution in [0.1, 0.15) is 29.4 Å². The van der Waals surface area contributed by atoms with Gasteiger partial charge in [-0.1, -0.05) is 6.92 Å². The van der Waals surface area contributed by atoms with Crippen molar-refractivity contribution in [3.8, 4) is 5.69 Å². The molecule has 24 heavy (non-hydrogen) atoms. The lowest BCUT2D eigenvalue weighted by Gasteiger charge is -2.34. The highest BCUT2D eigenvalue weighted by molar-refractivity contribution is 5.94. The van der Waals surface area contributed by atoms with Crippen molar-refractivity contribution >= 4 is 11.9 Å². The summed E-state index contributed by atoms with van der Waals surface area (Å²) in [7, 11) is 0. The van der Waals surface area contributed by atoms with E-state index in [2.05, 4.69) is 5.10 Å². The first kappa shape index (κ1) is 16.2. The van der Waals surface area contributed by atoms with Gasteiger partial charge < -0.3 is 10.0 Å². The molecule has 1 fully saturated rings. The number of piperidine rings is 1. The van der Waals surface area contributed by atoms with E-state index in [9.17, 15) is 14.7 Å². The lowest BCUT2D eigenvalue weighted by molar-refractivity contribution is -0.143. The first-order chi connectivity index (χ1) is 11.5. The molecule has 6 heteroatoms. The summed E-state index contributed by atoms with van der Waals surface area (Å²) in [6, 6.07) is 9.17. The average Bonchev–Trinajstić information content (AvgIpc) is 2.99. The molecule has 1 saturated heterocycles. The molecule has 0 bridgehead atoms. The van der Waals surface area contributed by atoms with Gasteiger partial charge in [-0.25, -0.2) is 4.68 Å². The Labute approximate surface area is 140 Å². The summed E-state index contributed by atoms with van der Waals surface area (Å²) in [5.41, 5.74) is 2.48. The van der Waals surface area contributed by atoms with E-state index in [0.29, 0.717) is 18.5 Å². The summed E-state index contributed by atoms with van der Waals surface area (Å²) in [5.74, 6) is -1.24. The molecule has 0 spiro atoms. The highest BCUT2D eigenvalue weighted by Gasteiger charge is 2.32. The Morgan fingerprint density at radius 3 is 2.46 bits per heavy atom. The van der Waals surface area contributed by atoms with Crippen LogP contribution in [0.3, 0.4) is 0 Å². The summed E-state index contributed by atoms with van der Waals surface area (Å²) < 4.78 is 1.80. The molecule has 3 rings (SSSR count). The normalized spacial score (nSPS) is 20.8. The van der Waals surface area contributed by atoms with Crippen molar-refractivity contribution in [1.82, 2.24) is 14.7 Å². The zero-order valence-electron chi connectivity index (χ0n) is 13.8. The van der Waals surface area contributed by atoms with E-state index in [1.807, 2.05) is 32.0 Å². The van der Waals surface area contributed by atoms with E-state index < -0.39 is 11.9 Å². The Kier molecular flexibility index (Phi) is 4.38. The minimum atomic E-state index is -0.830. The Morgan fingerprint density at radius 1 is 1.17 bits per heavy atom. The molecular weight excluding hydrogens is 306 g/mol. The largest absolute Gasteiger partial charge is 0.481 e. The Bertz CT molecular complexity index is 751. The molecule has 1 aliphatic rings. The second kappa shape index (κ2) is 6.47. The van der Waals surface area contributed by atoms with Crippen LogP contribution in [0.25, 0.3) is 5.69 Å². The standard InChI is InChI=1S/C18H21N3O3/c1-12-9-15(18(23)24)11-20(10-12)17(22)14-3-5-16(6-4-14)21-13(2)7-8-19-21/h3-8,12,15H,9-11H2,1-2H3,(H,23,24). The minimum absolute atomic E-state index is 0.114. The van der Waals surface area contributed by atoms with Crippen LogP contribution in [0.15, 0.2) is 36.5 Å². The number of hydrogen-bond acceptors (Lipinski definition) is 3. The number of aliphatic carboxylic acids is 1. The van der Waals surface area contributed by atoms with Crippen LogP contribution in [-0.2, 0) is 4.79 Å². The molecule has 1 aromatic heterocycles. The molecule has 2 heterocycles. The topological polar surface area (TPSA) is 75.4 Å². The van der Waals surface area contributed by atoms with Gasteiger partial charge in [-0.05, 0) is 49.6 Å². The first-order valence-corrected chi connectivity index (χ1v) is 8.09. The van der Waals surface area contributed by atoms with Crippen molar-refractivity contribution in [1.29, 1.82) is 0 Å². The van der Waals surface area contributed by atoms with Gasteiger partial charge in [0.25, 0.3) is 5.91 Å². The number of aromatic nitrogens is 2. The summed E-state index contributed by atoms with van der Waals surface area (Å²) in [5, 5.41) is 13.5. The molecule has 1 amide bonds. The zero-order valence-corrected chi connectivity index (χ0v) is 13.8. The van der Waals surface area contributed by atoms with Crippen LogP contribution in [0.4, 0.5) is 0 Å². The average molecular weight is 327 g/mol. The highest BCUT2D eigenvalue weighted by Crippen LogP contribution is 2.23. The molecule has 2 aromatic rings. The Balaban J connectivity index is 1.77. The van der Waals surface area contributed by atoms with Gasteiger partial charge in [0.15, 0.2) is 0 Å². The van der Waals surface area contributed by atoms with Gasteiger partial charge in [-0.3, -0.25) is 9.59 Å². The monoisotopic (exact) mass is 327 g/mol.